The SMILES string of the molecule is COc1ccc(Cl)cc1-c1cc(F)ccc1C(C)N. The van der Waals surface area contributed by atoms with Crippen molar-refractivity contribution in [1.82, 2.24) is 0 Å². The van der Waals surface area contributed by atoms with E-state index in [1.54, 1.807) is 31.4 Å². The van der Waals surface area contributed by atoms with Crippen LogP contribution in [0.25, 0.3) is 11.1 Å². The lowest BCUT2D eigenvalue weighted by molar-refractivity contribution is 0.416. The van der Waals surface area contributed by atoms with Crippen molar-refractivity contribution in [3.8, 4) is 16.9 Å². The number of nitrogens with two attached hydrogens (primary N) is 1. The number of ether oxygens (including phenoxy) is 1. The number of hydrogen-bond acceptors (Lipinski definition) is 2. The molecule has 1 unspecified atom stereocenters. The maximum absolute atomic E-state index is 13.5. The topological polar surface area (TPSA) is 35.2 Å². The zero-order valence-corrected chi connectivity index (χ0v) is 11.5. The minimum Gasteiger partial charge on any atom is -0.496 e. The molecule has 0 aliphatic carbocycles. The highest BCUT2D eigenvalue weighted by atomic mass is 35.5. The second kappa shape index (κ2) is 5.59. The minimum atomic E-state index is -0.318. The molecule has 100 valence electrons. The average Bonchev–Trinajstić information content (AvgIpc) is 2.38. The zero-order chi connectivity index (χ0) is 14.0. The lowest BCUT2D eigenvalue weighted by Crippen LogP contribution is -2.07. The second-order valence-corrected chi connectivity index (χ2v) is 4.80. The molecule has 2 N–H and O–H groups in total. The Hall–Kier alpha value is -1.58. The van der Waals surface area contributed by atoms with Crippen LogP contribution in [0.3, 0.4) is 0 Å². The van der Waals surface area contributed by atoms with Gasteiger partial charge in [0.1, 0.15) is 11.6 Å². The third-order valence-corrected chi connectivity index (χ3v) is 3.19. The van der Waals surface area contributed by atoms with Gasteiger partial charge in [0.25, 0.3) is 0 Å². The average molecular weight is 280 g/mol. The molecule has 0 spiro atoms. The van der Waals surface area contributed by atoms with Crippen molar-refractivity contribution in [2.45, 2.75) is 13.0 Å². The van der Waals surface area contributed by atoms with Crippen LogP contribution in [0.2, 0.25) is 5.02 Å². The summed E-state index contributed by atoms with van der Waals surface area (Å²) >= 11 is 6.01. The Morgan fingerprint density at radius 3 is 2.53 bits per heavy atom. The summed E-state index contributed by atoms with van der Waals surface area (Å²) in [6, 6.07) is 9.57. The highest BCUT2D eigenvalue weighted by Gasteiger charge is 2.14. The molecule has 19 heavy (non-hydrogen) atoms. The number of hydrogen-bond donors (Lipinski definition) is 1. The van der Waals surface area contributed by atoms with E-state index in [1.165, 1.54) is 12.1 Å². The second-order valence-electron chi connectivity index (χ2n) is 4.36. The first kappa shape index (κ1) is 13.8. The Kier molecular flexibility index (Phi) is 4.08. The van der Waals surface area contributed by atoms with Gasteiger partial charge in [-0.1, -0.05) is 17.7 Å². The van der Waals surface area contributed by atoms with Gasteiger partial charge in [0, 0.05) is 16.6 Å². The number of benzene rings is 2. The summed E-state index contributed by atoms with van der Waals surface area (Å²) in [4.78, 5) is 0. The van der Waals surface area contributed by atoms with Gasteiger partial charge in [-0.2, -0.15) is 0 Å². The van der Waals surface area contributed by atoms with E-state index in [9.17, 15) is 4.39 Å². The quantitative estimate of drug-likeness (QED) is 0.915. The molecule has 0 amide bonds. The van der Waals surface area contributed by atoms with E-state index < -0.39 is 0 Å². The normalized spacial score (nSPS) is 12.3. The molecule has 0 bridgehead atoms. The summed E-state index contributed by atoms with van der Waals surface area (Å²) in [5.41, 5.74) is 8.23. The van der Waals surface area contributed by atoms with Gasteiger partial charge in [0.2, 0.25) is 0 Å². The van der Waals surface area contributed by atoms with Crippen LogP contribution in [0.4, 0.5) is 4.39 Å². The maximum atomic E-state index is 13.5. The van der Waals surface area contributed by atoms with Gasteiger partial charge in [-0.05, 0) is 48.4 Å². The molecule has 0 aliphatic rings. The summed E-state index contributed by atoms with van der Waals surface area (Å²) in [6.45, 7) is 1.85. The van der Waals surface area contributed by atoms with Crippen LogP contribution >= 0.6 is 11.6 Å². The fraction of sp³-hybridized carbons (Fsp3) is 0.200. The summed E-state index contributed by atoms with van der Waals surface area (Å²) in [7, 11) is 1.57. The Morgan fingerprint density at radius 2 is 1.89 bits per heavy atom. The fourth-order valence-electron chi connectivity index (χ4n) is 2.05. The van der Waals surface area contributed by atoms with Gasteiger partial charge < -0.3 is 10.5 Å². The van der Waals surface area contributed by atoms with E-state index in [1.807, 2.05) is 6.92 Å². The molecular formula is C15H15ClFNO. The van der Waals surface area contributed by atoms with Crippen LogP contribution in [0.15, 0.2) is 36.4 Å². The van der Waals surface area contributed by atoms with E-state index in [2.05, 4.69) is 0 Å². The molecule has 2 rings (SSSR count). The number of halogens is 2. The first-order valence-corrected chi connectivity index (χ1v) is 6.29. The Morgan fingerprint density at radius 1 is 1.16 bits per heavy atom. The molecule has 1 atom stereocenters. The molecule has 0 saturated heterocycles. The minimum absolute atomic E-state index is 0.209. The van der Waals surface area contributed by atoms with E-state index in [0.29, 0.717) is 16.3 Å². The molecule has 0 aromatic heterocycles. The van der Waals surface area contributed by atoms with E-state index >= 15 is 0 Å². The van der Waals surface area contributed by atoms with E-state index in [-0.39, 0.29) is 11.9 Å². The standard InChI is InChI=1S/C15H15ClFNO/c1-9(18)12-5-4-11(17)8-13(12)14-7-10(16)3-6-15(14)19-2/h3-9H,18H2,1-2H3. The van der Waals surface area contributed by atoms with Crippen LogP contribution in [0, 0.1) is 5.82 Å². The molecule has 2 aromatic rings. The van der Waals surface area contributed by atoms with Crippen LogP contribution in [-0.4, -0.2) is 7.11 Å². The van der Waals surface area contributed by atoms with Crippen LogP contribution in [0.1, 0.15) is 18.5 Å². The lowest BCUT2D eigenvalue weighted by Gasteiger charge is -2.16. The highest BCUT2D eigenvalue weighted by molar-refractivity contribution is 6.31. The van der Waals surface area contributed by atoms with Crippen molar-refractivity contribution in [2.24, 2.45) is 5.73 Å². The van der Waals surface area contributed by atoms with Crippen LogP contribution in [0.5, 0.6) is 5.75 Å². The van der Waals surface area contributed by atoms with Crippen molar-refractivity contribution in [2.75, 3.05) is 7.11 Å². The number of methoxy groups -OCH3 is 1. The third-order valence-electron chi connectivity index (χ3n) is 2.96. The molecule has 4 heteroatoms. The van der Waals surface area contributed by atoms with Crippen LogP contribution in [-0.2, 0) is 0 Å². The van der Waals surface area contributed by atoms with Crippen molar-refractivity contribution in [1.29, 1.82) is 0 Å². The summed E-state index contributed by atoms with van der Waals surface area (Å²) in [5.74, 6) is 0.318. The van der Waals surface area contributed by atoms with Crippen molar-refractivity contribution in [3.63, 3.8) is 0 Å². The van der Waals surface area contributed by atoms with Gasteiger partial charge in [-0.25, -0.2) is 4.39 Å². The molecule has 0 heterocycles. The zero-order valence-electron chi connectivity index (χ0n) is 10.8. The molecule has 0 aliphatic heterocycles. The van der Waals surface area contributed by atoms with Gasteiger partial charge in [-0.15, -0.1) is 0 Å². The van der Waals surface area contributed by atoms with E-state index in [0.717, 1.165) is 11.1 Å². The Balaban J connectivity index is 2.70. The summed E-state index contributed by atoms with van der Waals surface area (Å²) in [5, 5.41) is 0.565. The Labute approximate surface area is 117 Å². The summed E-state index contributed by atoms with van der Waals surface area (Å²) in [6.07, 6.45) is 0. The molecule has 0 radical (unpaired) electrons. The fourth-order valence-corrected chi connectivity index (χ4v) is 2.22. The monoisotopic (exact) mass is 279 g/mol. The van der Waals surface area contributed by atoms with Crippen molar-refractivity contribution >= 4 is 11.6 Å². The van der Waals surface area contributed by atoms with Gasteiger partial charge in [0.05, 0.1) is 7.11 Å². The largest absolute Gasteiger partial charge is 0.496 e. The first-order valence-electron chi connectivity index (χ1n) is 5.92. The lowest BCUT2D eigenvalue weighted by atomic mass is 9.95. The molecule has 2 nitrogen and oxygen atoms in total. The van der Waals surface area contributed by atoms with E-state index in [4.69, 9.17) is 22.1 Å². The maximum Gasteiger partial charge on any atom is 0.126 e. The third kappa shape index (κ3) is 2.88. The van der Waals surface area contributed by atoms with Crippen molar-refractivity contribution < 1.29 is 9.13 Å². The molecule has 0 fully saturated rings. The highest BCUT2D eigenvalue weighted by Crippen LogP contribution is 2.36. The van der Waals surface area contributed by atoms with Crippen LogP contribution < -0.4 is 10.5 Å². The molecule has 0 saturated carbocycles. The van der Waals surface area contributed by atoms with Crippen molar-refractivity contribution in [3.05, 3.63) is 52.8 Å². The molecular weight excluding hydrogens is 265 g/mol. The smallest absolute Gasteiger partial charge is 0.126 e. The summed E-state index contributed by atoms with van der Waals surface area (Å²) < 4.78 is 18.8. The predicted molar refractivity (Wildman–Crippen MR) is 76.0 cm³/mol. The number of rotatable bonds is 3. The van der Waals surface area contributed by atoms with Gasteiger partial charge in [0.15, 0.2) is 0 Å². The van der Waals surface area contributed by atoms with Gasteiger partial charge >= 0.3 is 0 Å². The van der Waals surface area contributed by atoms with Gasteiger partial charge in [-0.3, -0.25) is 0 Å². The predicted octanol–water partition coefficient (Wildman–Crippen LogP) is 4.17. The molecule has 2 aromatic carbocycles. The first-order chi connectivity index (χ1) is 9.02. The Bertz CT molecular complexity index is 599.